The maximum Gasteiger partial charge on any atom is 0.387 e. The van der Waals surface area contributed by atoms with Crippen LogP contribution in [0.5, 0.6) is 5.75 Å². The minimum atomic E-state index is -2.98. The van der Waals surface area contributed by atoms with Crippen LogP contribution in [0.25, 0.3) is 0 Å². The molecule has 7 heteroatoms. The molecule has 1 heterocycles. The number of carbonyl (C=O) groups is 2. The van der Waals surface area contributed by atoms with Crippen LogP contribution >= 0.6 is 0 Å². The Morgan fingerprint density at radius 1 is 1.38 bits per heavy atom. The van der Waals surface area contributed by atoms with Crippen LogP contribution in [-0.4, -0.2) is 31.0 Å². The third kappa shape index (κ3) is 3.48. The van der Waals surface area contributed by atoms with Crippen molar-refractivity contribution in [2.75, 3.05) is 11.4 Å². The predicted molar refractivity (Wildman–Crippen MR) is 72.3 cm³/mol. The zero-order valence-electron chi connectivity index (χ0n) is 11.5. The molecule has 21 heavy (non-hydrogen) atoms. The molecule has 1 saturated heterocycles. The molecule has 1 aromatic rings. The average molecular weight is 298 g/mol. The number of halogens is 2. The van der Waals surface area contributed by atoms with E-state index in [-0.39, 0.29) is 36.2 Å². The summed E-state index contributed by atoms with van der Waals surface area (Å²) >= 11 is 0. The molecule has 2 amide bonds. The van der Waals surface area contributed by atoms with Crippen molar-refractivity contribution in [3.8, 4) is 5.75 Å². The first-order valence-corrected chi connectivity index (χ1v) is 6.67. The van der Waals surface area contributed by atoms with E-state index in [0.717, 1.165) is 0 Å². The van der Waals surface area contributed by atoms with Gasteiger partial charge in [-0.2, -0.15) is 8.78 Å². The maximum atomic E-state index is 12.5. The van der Waals surface area contributed by atoms with E-state index < -0.39 is 12.7 Å². The Bertz CT molecular complexity index is 537. The monoisotopic (exact) mass is 298 g/mol. The first-order valence-electron chi connectivity index (χ1n) is 6.67. The molecule has 1 aliphatic heterocycles. The van der Waals surface area contributed by atoms with E-state index in [1.165, 1.54) is 17.0 Å². The Kier molecular flexibility index (Phi) is 4.72. The summed E-state index contributed by atoms with van der Waals surface area (Å²) in [5.74, 6) is -0.635. The van der Waals surface area contributed by atoms with Gasteiger partial charge in [-0.3, -0.25) is 9.59 Å². The average Bonchev–Trinajstić information content (AvgIpc) is 2.58. The Morgan fingerprint density at radius 3 is 2.76 bits per heavy atom. The molecule has 2 rings (SSSR count). The van der Waals surface area contributed by atoms with Crippen LogP contribution in [0.2, 0.25) is 0 Å². The van der Waals surface area contributed by atoms with E-state index in [2.05, 4.69) is 10.1 Å². The van der Waals surface area contributed by atoms with Gasteiger partial charge in [-0.05, 0) is 18.6 Å². The molecule has 0 radical (unpaired) electrons. The Labute approximate surface area is 120 Å². The number of hydrogen-bond acceptors (Lipinski definition) is 3. The number of amides is 2. The summed E-state index contributed by atoms with van der Waals surface area (Å²) in [6.07, 6.45) is 0.546. The van der Waals surface area contributed by atoms with Crippen molar-refractivity contribution in [3.05, 3.63) is 24.3 Å². The van der Waals surface area contributed by atoms with E-state index in [4.69, 9.17) is 0 Å². The fourth-order valence-electron chi connectivity index (χ4n) is 2.23. The molecule has 1 unspecified atom stereocenters. The minimum absolute atomic E-state index is 0.0787. The number of ether oxygens (including phenoxy) is 1. The van der Waals surface area contributed by atoms with Gasteiger partial charge in [-0.1, -0.05) is 19.1 Å². The summed E-state index contributed by atoms with van der Waals surface area (Å²) in [6, 6.07) is 5.42. The van der Waals surface area contributed by atoms with Crippen molar-refractivity contribution < 1.29 is 23.1 Å². The molecule has 114 valence electrons. The van der Waals surface area contributed by atoms with E-state index in [1.807, 2.05) is 0 Å². The van der Waals surface area contributed by atoms with E-state index in [9.17, 15) is 18.4 Å². The number of alkyl halides is 2. The van der Waals surface area contributed by atoms with Crippen LogP contribution in [0.1, 0.15) is 19.8 Å². The van der Waals surface area contributed by atoms with Crippen LogP contribution in [-0.2, 0) is 9.59 Å². The first-order chi connectivity index (χ1) is 10.0. The number of nitrogens with one attached hydrogen (secondary N) is 1. The molecule has 1 aromatic carbocycles. The second kappa shape index (κ2) is 6.51. The minimum Gasteiger partial charge on any atom is -0.433 e. The number of nitrogens with zero attached hydrogens (tertiary/aromatic N) is 1. The highest BCUT2D eigenvalue weighted by Gasteiger charge is 2.31. The topological polar surface area (TPSA) is 58.6 Å². The number of hydrogen-bond donors (Lipinski definition) is 1. The Hall–Kier alpha value is -2.18. The number of benzene rings is 1. The molecule has 1 N–H and O–H groups in total. The Balaban J connectivity index is 2.35. The highest BCUT2D eigenvalue weighted by atomic mass is 19.3. The van der Waals surface area contributed by atoms with Crippen molar-refractivity contribution in [1.82, 2.24) is 5.32 Å². The number of rotatable bonds is 4. The van der Waals surface area contributed by atoms with Crippen LogP contribution in [0.4, 0.5) is 14.5 Å². The van der Waals surface area contributed by atoms with Gasteiger partial charge in [0, 0.05) is 13.0 Å². The van der Waals surface area contributed by atoms with Crippen molar-refractivity contribution >= 4 is 17.5 Å². The lowest BCUT2D eigenvalue weighted by Gasteiger charge is -2.25. The molecule has 0 aromatic heterocycles. The van der Waals surface area contributed by atoms with Gasteiger partial charge in [0.2, 0.25) is 11.8 Å². The lowest BCUT2D eigenvalue weighted by Crippen LogP contribution is -2.44. The molecule has 1 atom stereocenters. The van der Waals surface area contributed by atoms with Crippen molar-refractivity contribution in [1.29, 1.82) is 0 Å². The van der Waals surface area contributed by atoms with Gasteiger partial charge >= 0.3 is 6.61 Å². The zero-order valence-corrected chi connectivity index (χ0v) is 11.5. The molecule has 0 saturated carbocycles. The van der Waals surface area contributed by atoms with Gasteiger partial charge in [-0.15, -0.1) is 0 Å². The number of anilines is 1. The maximum absolute atomic E-state index is 12.5. The van der Waals surface area contributed by atoms with Crippen LogP contribution < -0.4 is 15.0 Å². The highest BCUT2D eigenvalue weighted by molar-refractivity contribution is 6.02. The van der Waals surface area contributed by atoms with Gasteiger partial charge in [0.25, 0.3) is 0 Å². The zero-order chi connectivity index (χ0) is 15.4. The summed E-state index contributed by atoms with van der Waals surface area (Å²) in [4.78, 5) is 25.3. The molecule has 1 fully saturated rings. The van der Waals surface area contributed by atoms with Crippen LogP contribution in [0.15, 0.2) is 24.3 Å². The molecular weight excluding hydrogens is 282 g/mol. The molecule has 0 aliphatic carbocycles. The lowest BCUT2D eigenvalue weighted by molar-refractivity contribution is -0.125. The Morgan fingerprint density at radius 2 is 2.10 bits per heavy atom. The fraction of sp³-hybridized carbons (Fsp3) is 0.429. The van der Waals surface area contributed by atoms with E-state index in [0.29, 0.717) is 6.42 Å². The third-order valence-electron chi connectivity index (χ3n) is 3.24. The number of para-hydroxylation sites is 2. The fourth-order valence-corrected chi connectivity index (χ4v) is 2.23. The van der Waals surface area contributed by atoms with Gasteiger partial charge in [-0.25, -0.2) is 0 Å². The normalized spacial score (nSPS) is 19.4. The summed E-state index contributed by atoms with van der Waals surface area (Å²) in [6.45, 7) is -1.08. The highest BCUT2D eigenvalue weighted by Crippen LogP contribution is 2.30. The van der Waals surface area contributed by atoms with E-state index in [1.54, 1.807) is 19.1 Å². The second-order valence-corrected chi connectivity index (χ2v) is 4.61. The quantitative estimate of drug-likeness (QED) is 0.924. The second-order valence-electron chi connectivity index (χ2n) is 4.61. The van der Waals surface area contributed by atoms with Gasteiger partial charge in [0.1, 0.15) is 11.8 Å². The summed E-state index contributed by atoms with van der Waals surface area (Å²) < 4.78 is 29.4. The molecule has 0 bridgehead atoms. The van der Waals surface area contributed by atoms with Crippen LogP contribution in [0, 0.1) is 0 Å². The molecule has 1 aliphatic rings. The van der Waals surface area contributed by atoms with Gasteiger partial charge in [0.15, 0.2) is 0 Å². The smallest absolute Gasteiger partial charge is 0.387 e. The number of carbonyl (C=O) groups excluding carboxylic acids is 2. The van der Waals surface area contributed by atoms with Crippen LogP contribution in [0.3, 0.4) is 0 Å². The third-order valence-corrected chi connectivity index (χ3v) is 3.24. The van der Waals surface area contributed by atoms with Crippen molar-refractivity contribution in [2.24, 2.45) is 0 Å². The van der Waals surface area contributed by atoms with Crippen molar-refractivity contribution in [2.45, 2.75) is 32.4 Å². The van der Waals surface area contributed by atoms with E-state index >= 15 is 0 Å². The van der Waals surface area contributed by atoms with Gasteiger partial charge < -0.3 is 15.0 Å². The first kappa shape index (κ1) is 15.2. The summed E-state index contributed by atoms with van der Waals surface area (Å²) in [5, 5.41) is 2.62. The largest absolute Gasteiger partial charge is 0.433 e. The SMILES string of the molecule is CCC1NC(=O)CCN(c2ccccc2OC(F)F)C1=O. The predicted octanol–water partition coefficient (Wildman–Crippen LogP) is 1.92. The molecule has 5 nitrogen and oxygen atoms in total. The standard InChI is InChI=1S/C14H16F2N2O3/c1-2-9-13(20)18(8-7-12(19)17-9)10-5-3-4-6-11(10)21-14(15)16/h3-6,9,14H,2,7-8H2,1H3,(H,17,19). The molecular formula is C14H16F2N2O3. The molecule has 0 spiro atoms. The van der Waals surface area contributed by atoms with Gasteiger partial charge in [0.05, 0.1) is 5.69 Å². The summed E-state index contributed by atoms with van der Waals surface area (Å²) in [7, 11) is 0. The van der Waals surface area contributed by atoms with Crippen molar-refractivity contribution in [3.63, 3.8) is 0 Å². The lowest BCUT2D eigenvalue weighted by atomic mass is 10.2. The summed E-state index contributed by atoms with van der Waals surface area (Å²) in [5.41, 5.74) is 0.248.